The van der Waals surface area contributed by atoms with Crippen LogP contribution in [0.25, 0.3) is 6.08 Å². The molecule has 0 atom stereocenters. The van der Waals surface area contributed by atoms with Gasteiger partial charge in [0.25, 0.3) is 15.9 Å². The number of carbonyl (C=O) groups is 1. The fourth-order valence-corrected chi connectivity index (χ4v) is 5.08. The number of anilines is 1. The van der Waals surface area contributed by atoms with Crippen molar-refractivity contribution in [2.75, 3.05) is 17.5 Å². The molecule has 0 saturated heterocycles. The van der Waals surface area contributed by atoms with E-state index < -0.39 is 15.9 Å². The van der Waals surface area contributed by atoms with Crippen LogP contribution in [0.3, 0.4) is 0 Å². The van der Waals surface area contributed by atoms with E-state index in [9.17, 15) is 13.2 Å². The number of sulfonamides is 1. The van der Waals surface area contributed by atoms with Gasteiger partial charge in [-0.1, -0.05) is 49.7 Å². The average molecular weight is 508 g/mol. The lowest BCUT2D eigenvalue weighted by molar-refractivity contribution is -0.113. The van der Waals surface area contributed by atoms with Crippen LogP contribution in [0.1, 0.15) is 44.7 Å². The molecular weight excluding hydrogens is 474 g/mol. The summed E-state index contributed by atoms with van der Waals surface area (Å²) in [7, 11) is -4.13. The molecule has 0 aliphatic heterocycles. The maximum Gasteiger partial charge on any atom is 0.271 e. The van der Waals surface area contributed by atoms with E-state index in [1.165, 1.54) is 18.2 Å². The molecule has 0 aliphatic carbocycles. The van der Waals surface area contributed by atoms with Crippen molar-refractivity contribution in [3.8, 4) is 11.5 Å². The summed E-state index contributed by atoms with van der Waals surface area (Å²) in [5.74, 6) is 0.497. The molecule has 0 radical (unpaired) electrons. The van der Waals surface area contributed by atoms with Crippen molar-refractivity contribution in [3.05, 3.63) is 90.0 Å². The van der Waals surface area contributed by atoms with Crippen LogP contribution in [-0.2, 0) is 21.2 Å². The van der Waals surface area contributed by atoms with Crippen molar-refractivity contribution in [1.29, 1.82) is 0 Å². The Morgan fingerprint density at radius 1 is 0.861 bits per heavy atom. The standard InChI is InChI=1S/C29H33NO5S/c1-4-7-11-23-14-18-25(19-15-23)30(36(32,33)26-12-9-8-10-13-26)29(31)21-17-24-16-20-27(34-5-2)28(22-24)35-6-3/h8-10,12-22H,4-7,11H2,1-3H3/b21-17+. The Labute approximate surface area is 214 Å². The molecule has 1 amide bonds. The maximum absolute atomic E-state index is 13.5. The molecule has 0 saturated carbocycles. The normalized spacial score (nSPS) is 11.4. The van der Waals surface area contributed by atoms with E-state index in [0.29, 0.717) is 30.3 Å². The Morgan fingerprint density at radius 2 is 1.53 bits per heavy atom. The van der Waals surface area contributed by atoms with Gasteiger partial charge in [-0.2, -0.15) is 4.31 Å². The summed E-state index contributed by atoms with van der Waals surface area (Å²) in [4.78, 5) is 13.4. The number of rotatable bonds is 12. The molecule has 6 nitrogen and oxygen atoms in total. The third-order valence-electron chi connectivity index (χ3n) is 5.46. The van der Waals surface area contributed by atoms with Crippen LogP contribution in [0.4, 0.5) is 5.69 Å². The zero-order chi connectivity index (χ0) is 26.0. The van der Waals surface area contributed by atoms with Gasteiger partial charge in [-0.05, 0) is 80.3 Å². The van der Waals surface area contributed by atoms with E-state index in [2.05, 4.69) is 6.92 Å². The Balaban J connectivity index is 1.96. The summed E-state index contributed by atoms with van der Waals surface area (Å²) in [6, 6.07) is 20.4. The minimum atomic E-state index is -4.13. The minimum Gasteiger partial charge on any atom is -0.490 e. The highest BCUT2D eigenvalue weighted by Crippen LogP contribution is 2.30. The van der Waals surface area contributed by atoms with Crippen LogP contribution in [-0.4, -0.2) is 27.5 Å². The number of carbonyl (C=O) groups excluding carboxylic acids is 1. The molecule has 0 bridgehead atoms. The fraction of sp³-hybridized carbons (Fsp3) is 0.276. The van der Waals surface area contributed by atoms with Gasteiger partial charge in [-0.15, -0.1) is 0 Å². The van der Waals surface area contributed by atoms with Crippen molar-refractivity contribution in [3.63, 3.8) is 0 Å². The lowest BCUT2D eigenvalue weighted by Crippen LogP contribution is -2.35. The van der Waals surface area contributed by atoms with Crippen LogP contribution in [0.2, 0.25) is 0 Å². The number of amides is 1. The summed E-state index contributed by atoms with van der Waals surface area (Å²) in [6.45, 7) is 6.85. The van der Waals surface area contributed by atoms with E-state index in [-0.39, 0.29) is 10.6 Å². The lowest BCUT2D eigenvalue weighted by atomic mass is 10.1. The highest BCUT2D eigenvalue weighted by Gasteiger charge is 2.29. The molecule has 36 heavy (non-hydrogen) atoms. The predicted molar refractivity (Wildman–Crippen MR) is 144 cm³/mol. The van der Waals surface area contributed by atoms with Crippen LogP contribution < -0.4 is 13.8 Å². The Bertz CT molecular complexity index is 1270. The molecule has 0 aromatic heterocycles. The van der Waals surface area contributed by atoms with Gasteiger partial charge in [-0.3, -0.25) is 4.79 Å². The molecule has 3 rings (SSSR count). The Morgan fingerprint density at radius 3 is 2.17 bits per heavy atom. The zero-order valence-corrected chi connectivity index (χ0v) is 21.8. The fourth-order valence-electron chi connectivity index (χ4n) is 3.67. The quantitative estimate of drug-likeness (QED) is 0.271. The smallest absolute Gasteiger partial charge is 0.271 e. The van der Waals surface area contributed by atoms with E-state index in [1.54, 1.807) is 54.6 Å². The summed E-state index contributed by atoms with van der Waals surface area (Å²) >= 11 is 0. The first-order valence-corrected chi connectivity index (χ1v) is 13.7. The molecular formula is C29H33NO5S. The van der Waals surface area contributed by atoms with Crippen LogP contribution in [0.5, 0.6) is 11.5 Å². The van der Waals surface area contributed by atoms with Crippen molar-refractivity contribution >= 4 is 27.7 Å². The van der Waals surface area contributed by atoms with Gasteiger partial charge in [0.1, 0.15) is 0 Å². The Kier molecular flexibility index (Phi) is 9.70. The van der Waals surface area contributed by atoms with Crippen molar-refractivity contribution in [2.24, 2.45) is 0 Å². The monoisotopic (exact) mass is 507 g/mol. The maximum atomic E-state index is 13.5. The topological polar surface area (TPSA) is 72.9 Å². The summed E-state index contributed by atoms with van der Waals surface area (Å²) in [5, 5.41) is 0. The van der Waals surface area contributed by atoms with E-state index >= 15 is 0 Å². The highest BCUT2D eigenvalue weighted by atomic mass is 32.2. The summed E-state index contributed by atoms with van der Waals surface area (Å²) in [5.41, 5.74) is 2.07. The number of benzene rings is 3. The van der Waals surface area contributed by atoms with Crippen molar-refractivity contribution < 1.29 is 22.7 Å². The van der Waals surface area contributed by atoms with Crippen LogP contribution in [0, 0.1) is 0 Å². The number of hydrogen-bond acceptors (Lipinski definition) is 5. The molecule has 0 spiro atoms. The molecule has 0 N–H and O–H groups in total. The molecule has 3 aromatic rings. The second-order valence-electron chi connectivity index (χ2n) is 8.10. The largest absolute Gasteiger partial charge is 0.490 e. The second-order valence-corrected chi connectivity index (χ2v) is 9.88. The number of nitrogens with zero attached hydrogens (tertiary/aromatic N) is 1. The van der Waals surface area contributed by atoms with Gasteiger partial charge < -0.3 is 9.47 Å². The van der Waals surface area contributed by atoms with E-state index in [1.807, 2.05) is 26.0 Å². The summed E-state index contributed by atoms with van der Waals surface area (Å²) < 4.78 is 39.2. The first-order chi connectivity index (χ1) is 17.4. The average Bonchev–Trinajstić information content (AvgIpc) is 2.89. The highest BCUT2D eigenvalue weighted by molar-refractivity contribution is 7.93. The molecule has 0 heterocycles. The minimum absolute atomic E-state index is 0.0431. The number of hydrogen-bond donors (Lipinski definition) is 0. The second kappa shape index (κ2) is 12.9. The SMILES string of the molecule is CCCCc1ccc(N(C(=O)/C=C/c2ccc(OCC)c(OCC)c2)S(=O)(=O)c2ccccc2)cc1. The third kappa shape index (κ3) is 6.76. The van der Waals surface area contributed by atoms with Crippen molar-refractivity contribution in [2.45, 2.75) is 44.9 Å². The predicted octanol–water partition coefficient (Wildman–Crippen LogP) is 6.26. The van der Waals surface area contributed by atoms with Crippen LogP contribution >= 0.6 is 0 Å². The van der Waals surface area contributed by atoms with Gasteiger partial charge >= 0.3 is 0 Å². The lowest BCUT2D eigenvalue weighted by Gasteiger charge is -2.21. The third-order valence-corrected chi connectivity index (χ3v) is 7.20. The molecule has 0 aliphatic rings. The van der Waals surface area contributed by atoms with Gasteiger partial charge in [0.15, 0.2) is 11.5 Å². The molecule has 7 heteroatoms. The first-order valence-electron chi connectivity index (χ1n) is 12.2. The molecule has 190 valence electrons. The number of ether oxygens (including phenoxy) is 2. The zero-order valence-electron chi connectivity index (χ0n) is 21.0. The molecule has 3 aromatic carbocycles. The summed E-state index contributed by atoms with van der Waals surface area (Å²) in [6.07, 6.45) is 5.84. The van der Waals surface area contributed by atoms with Gasteiger partial charge in [0, 0.05) is 6.08 Å². The van der Waals surface area contributed by atoms with Crippen molar-refractivity contribution in [1.82, 2.24) is 0 Å². The number of aryl methyl sites for hydroxylation is 1. The van der Waals surface area contributed by atoms with Gasteiger partial charge in [0.2, 0.25) is 0 Å². The van der Waals surface area contributed by atoms with Gasteiger partial charge in [-0.25, -0.2) is 8.42 Å². The number of unbranched alkanes of at least 4 members (excludes halogenated alkanes) is 1. The molecule has 0 fully saturated rings. The van der Waals surface area contributed by atoms with Crippen LogP contribution in [0.15, 0.2) is 83.8 Å². The van der Waals surface area contributed by atoms with E-state index in [4.69, 9.17) is 9.47 Å². The van der Waals surface area contributed by atoms with Gasteiger partial charge in [0.05, 0.1) is 23.8 Å². The molecule has 0 unspecified atom stereocenters. The Hall–Kier alpha value is -3.58. The first kappa shape index (κ1) is 27.0. The van der Waals surface area contributed by atoms with E-state index in [0.717, 1.165) is 29.1 Å².